The van der Waals surface area contributed by atoms with E-state index in [4.69, 9.17) is 5.73 Å². The predicted molar refractivity (Wildman–Crippen MR) is 76.0 cm³/mol. The Labute approximate surface area is 104 Å². The van der Waals surface area contributed by atoms with Crippen molar-refractivity contribution in [2.24, 2.45) is 0 Å². The van der Waals surface area contributed by atoms with Gasteiger partial charge < -0.3 is 5.73 Å². The second-order valence-electron chi connectivity index (χ2n) is 4.28. The minimum absolute atomic E-state index is 0.427. The Morgan fingerprint density at radius 3 is 2.35 bits per heavy atom. The van der Waals surface area contributed by atoms with Crippen LogP contribution in [-0.4, -0.2) is 24.0 Å². The molecule has 0 radical (unpaired) electrons. The number of nitrogen functional groups attached to an aromatic ring is 1. The highest BCUT2D eigenvalue weighted by Gasteiger charge is 2.12. The maximum absolute atomic E-state index is 5.96. The van der Waals surface area contributed by atoms with Gasteiger partial charge in [-0.15, -0.1) is 13.2 Å². The van der Waals surface area contributed by atoms with Gasteiger partial charge in [0.2, 0.25) is 0 Å². The van der Waals surface area contributed by atoms with E-state index in [-0.39, 0.29) is 0 Å². The molecule has 1 atom stereocenters. The molecular formula is C15H22N2. The molecule has 0 saturated carbocycles. The average molecular weight is 230 g/mol. The van der Waals surface area contributed by atoms with Gasteiger partial charge in [0.25, 0.3) is 0 Å². The van der Waals surface area contributed by atoms with Gasteiger partial charge in [-0.05, 0) is 25.0 Å². The summed E-state index contributed by atoms with van der Waals surface area (Å²) in [6, 6.07) is 8.47. The number of para-hydroxylation sites is 1. The molecule has 1 aromatic rings. The second kappa shape index (κ2) is 6.92. The Hall–Kier alpha value is -1.54. The minimum atomic E-state index is 0.427. The summed E-state index contributed by atoms with van der Waals surface area (Å²) in [5, 5.41) is 0. The monoisotopic (exact) mass is 230 g/mol. The lowest BCUT2D eigenvalue weighted by Crippen LogP contribution is -2.35. The van der Waals surface area contributed by atoms with Crippen LogP contribution in [-0.2, 0) is 6.42 Å². The number of rotatable bonds is 7. The van der Waals surface area contributed by atoms with Crippen molar-refractivity contribution in [3.63, 3.8) is 0 Å². The van der Waals surface area contributed by atoms with Crippen molar-refractivity contribution in [3.8, 4) is 0 Å². The van der Waals surface area contributed by atoms with Gasteiger partial charge >= 0.3 is 0 Å². The van der Waals surface area contributed by atoms with Crippen molar-refractivity contribution in [1.29, 1.82) is 0 Å². The van der Waals surface area contributed by atoms with Crippen molar-refractivity contribution in [3.05, 3.63) is 55.1 Å². The predicted octanol–water partition coefficient (Wildman–Crippen LogP) is 2.87. The zero-order chi connectivity index (χ0) is 12.7. The van der Waals surface area contributed by atoms with Crippen LogP contribution in [0, 0.1) is 0 Å². The van der Waals surface area contributed by atoms with E-state index < -0.39 is 0 Å². The first-order chi connectivity index (χ1) is 8.19. The van der Waals surface area contributed by atoms with E-state index in [1.165, 1.54) is 5.56 Å². The molecule has 1 rings (SSSR count). The molecule has 0 spiro atoms. The number of nitrogens with zero attached hydrogens (tertiary/aromatic N) is 1. The largest absolute Gasteiger partial charge is 0.399 e. The van der Waals surface area contributed by atoms with Crippen molar-refractivity contribution in [2.45, 2.75) is 19.4 Å². The molecule has 2 N–H and O–H groups in total. The molecular weight excluding hydrogens is 208 g/mol. The summed E-state index contributed by atoms with van der Waals surface area (Å²) in [5.41, 5.74) is 8.04. The summed E-state index contributed by atoms with van der Waals surface area (Å²) in [5.74, 6) is 0. The fraction of sp³-hybridized carbons (Fsp3) is 0.333. The number of nitrogens with two attached hydrogens (primary N) is 1. The summed E-state index contributed by atoms with van der Waals surface area (Å²) in [4.78, 5) is 2.33. The van der Waals surface area contributed by atoms with E-state index in [0.29, 0.717) is 6.04 Å². The standard InChI is InChI=1S/C15H22N2/c1-4-10-17(11-5-2)13(3)12-14-8-6-7-9-15(14)16/h4-9,13H,1-2,10-12,16H2,3H3. The Bertz CT molecular complexity index is 361. The maximum atomic E-state index is 5.96. The van der Waals surface area contributed by atoms with E-state index >= 15 is 0 Å². The first kappa shape index (κ1) is 13.5. The molecule has 0 amide bonds. The van der Waals surface area contributed by atoms with Crippen LogP contribution in [0.4, 0.5) is 5.69 Å². The number of anilines is 1. The lowest BCUT2D eigenvalue weighted by molar-refractivity contribution is 0.255. The van der Waals surface area contributed by atoms with Crippen LogP contribution in [0.25, 0.3) is 0 Å². The summed E-state index contributed by atoms with van der Waals surface area (Å²) in [6.45, 7) is 11.5. The Balaban J connectivity index is 2.68. The summed E-state index contributed by atoms with van der Waals surface area (Å²) in [6.07, 6.45) is 4.80. The van der Waals surface area contributed by atoms with Crippen LogP contribution in [0.5, 0.6) is 0 Å². The summed E-state index contributed by atoms with van der Waals surface area (Å²) >= 11 is 0. The molecule has 0 aliphatic rings. The first-order valence-electron chi connectivity index (χ1n) is 5.98. The Morgan fingerprint density at radius 2 is 1.82 bits per heavy atom. The van der Waals surface area contributed by atoms with Gasteiger partial charge in [0, 0.05) is 24.8 Å². The normalized spacial score (nSPS) is 12.4. The van der Waals surface area contributed by atoms with E-state index in [9.17, 15) is 0 Å². The molecule has 2 nitrogen and oxygen atoms in total. The highest BCUT2D eigenvalue weighted by molar-refractivity contribution is 5.46. The number of hydrogen-bond acceptors (Lipinski definition) is 2. The molecule has 0 aliphatic heterocycles. The van der Waals surface area contributed by atoms with Crippen molar-refractivity contribution < 1.29 is 0 Å². The van der Waals surface area contributed by atoms with Crippen LogP contribution in [0.15, 0.2) is 49.6 Å². The molecule has 2 heteroatoms. The topological polar surface area (TPSA) is 29.3 Å². The Morgan fingerprint density at radius 1 is 1.24 bits per heavy atom. The van der Waals surface area contributed by atoms with Gasteiger partial charge in [0.05, 0.1) is 0 Å². The fourth-order valence-electron chi connectivity index (χ4n) is 1.93. The molecule has 0 aliphatic carbocycles. The summed E-state index contributed by atoms with van der Waals surface area (Å²) in [7, 11) is 0. The van der Waals surface area contributed by atoms with Gasteiger partial charge in [-0.3, -0.25) is 4.90 Å². The zero-order valence-electron chi connectivity index (χ0n) is 10.6. The van der Waals surface area contributed by atoms with Gasteiger partial charge in [0.15, 0.2) is 0 Å². The number of hydrogen-bond donors (Lipinski definition) is 1. The van der Waals surface area contributed by atoms with E-state index in [2.05, 4.69) is 31.0 Å². The molecule has 0 saturated heterocycles. The zero-order valence-corrected chi connectivity index (χ0v) is 10.6. The van der Waals surface area contributed by atoms with Gasteiger partial charge in [-0.1, -0.05) is 30.4 Å². The highest BCUT2D eigenvalue weighted by atomic mass is 15.1. The van der Waals surface area contributed by atoms with E-state index in [1.54, 1.807) is 0 Å². The van der Waals surface area contributed by atoms with Crippen molar-refractivity contribution in [1.82, 2.24) is 4.90 Å². The third kappa shape index (κ3) is 4.08. The molecule has 0 bridgehead atoms. The van der Waals surface area contributed by atoms with Gasteiger partial charge in [-0.2, -0.15) is 0 Å². The fourth-order valence-corrected chi connectivity index (χ4v) is 1.93. The van der Waals surface area contributed by atoms with Crippen molar-refractivity contribution >= 4 is 5.69 Å². The van der Waals surface area contributed by atoms with Crippen molar-refractivity contribution in [2.75, 3.05) is 18.8 Å². The van der Waals surface area contributed by atoms with Crippen LogP contribution in [0.1, 0.15) is 12.5 Å². The maximum Gasteiger partial charge on any atom is 0.0347 e. The summed E-state index contributed by atoms with van der Waals surface area (Å²) < 4.78 is 0. The lowest BCUT2D eigenvalue weighted by atomic mass is 10.0. The molecule has 0 fully saturated rings. The van der Waals surface area contributed by atoms with Crippen LogP contribution in [0.3, 0.4) is 0 Å². The smallest absolute Gasteiger partial charge is 0.0347 e. The molecule has 92 valence electrons. The second-order valence-corrected chi connectivity index (χ2v) is 4.28. The Kier molecular flexibility index (Phi) is 5.50. The van der Waals surface area contributed by atoms with Gasteiger partial charge in [0.1, 0.15) is 0 Å². The molecule has 0 aromatic heterocycles. The quantitative estimate of drug-likeness (QED) is 0.576. The van der Waals surface area contributed by atoms with E-state index in [1.807, 2.05) is 30.4 Å². The van der Waals surface area contributed by atoms with Gasteiger partial charge in [-0.25, -0.2) is 0 Å². The lowest BCUT2D eigenvalue weighted by Gasteiger charge is -2.27. The van der Waals surface area contributed by atoms with Crippen LogP contribution < -0.4 is 5.73 Å². The molecule has 17 heavy (non-hydrogen) atoms. The average Bonchev–Trinajstić information content (AvgIpc) is 2.32. The van der Waals surface area contributed by atoms with E-state index in [0.717, 1.165) is 25.2 Å². The number of benzene rings is 1. The SMILES string of the molecule is C=CCN(CC=C)C(C)Cc1ccccc1N. The van der Waals surface area contributed by atoms with Crippen LogP contribution >= 0.6 is 0 Å². The highest BCUT2D eigenvalue weighted by Crippen LogP contribution is 2.15. The third-order valence-electron chi connectivity index (χ3n) is 2.92. The first-order valence-corrected chi connectivity index (χ1v) is 5.98. The third-order valence-corrected chi connectivity index (χ3v) is 2.92. The molecule has 1 unspecified atom stereocenters. The molecule has 0 heterocycles. The minimum Gasteiger partial charge on any atom is -0.399 e. The van der Waals surface area contributed by atoms with Crippen LogP contribution in [0.2, 0.25) is 0 Å². The molecule has 1 aromatic carbocycles.